The van der Waals surface area contributed by atoms with E-state index >= 15 is 0 Å². The lowest BCUT2D eigenvalue weighted by Crippen LogP contribution is -2.41. The van der Waals surface area contributed by atoms with Gasteiger partial charge in [0.15, 0.2) is 0 Å². The van der Waals surface area contributed by atoms with Crippen molar-refractivity contribution in [2.45, 2.75) is 25.3 Å². The molecule has 0 saturated heterocycles. The van der Waals surface area contributed by atoms with Crippen LogP contribution in [-0.4, -0.2) is 9.55 Å². The third kappa shape index (κ3) is 2.08. The molecule has 1 aliphatic carbocycles. The molecule has 4 nitrogen and oxygen atoms in total. The minimum Gasteiger partial charge on any atom is -0.297 e. The van der Waals surface area contributed by atoms with Crippen LogP contribution in [0.5, 0.6) is 0 Å². The molecule has 1 fully saturated rings. The highest BCUT2D eigenvalue weighted by Crippen LogP contribution is 2.30. The summed E-state index contributed by atoms with van der Waals surface area (Å²) in [5.41, 5.74) is -0.213. The van der Waals surface area contributed by atoms with E-state index in [4.69, 9.17) is 11.6 Å². The third-order valence-corrected chi connectivity index (χ3v) is 3.94. The van der Waals surface area contributed by atoms with Crippen molar-refractivity contribution in [1.82, 2.24) is 9.55 Å². The quantitative estimate of drug-likeness (QED) is 0.866. The van der Waals surface area contributed by atoms with E-state index in [0.717, 1.165) is 19.3 Å². The number of aromatic nitrogens is 2. The van der Waals surface area contributed by atoms with Crippen molar-refractivity contribution in [3.8, 4) is 11.1 Å². The Kier molecular flexibility index (Phi) is 3.22. The van der Waals surface area contributed by atoms with Gasteiger partial charge >= 0.3 is 5.69 Å². The molecule has 0 radical (unpaired) electrons. The fraction of sp³-hybridized carbons (Fsp3) is 0.286. The molecule has 6 heteroatoms. The smallest absolute Gasteiger partial charge is 0.297 e. The lowest BCUT2D eigenvalue weighted by Gasteiger charge is -2.27. The first kappa shape index (κ1) is 13.1. The Morgan fingerprint density at radius 1 is 1.20 bits per heavy atom. The van der Waals surface area contributed by atoms with Crippen LogP contribution >= 0.6 is 11.6 Å². The van der Waals surface area contributed by atoms with Crippen molar-refractivity contribution in [2.24, 2.45) is 0 Å². The first-order chi connectivity index (χ1) is 9.58. The van der Waals surface area contributed by atoms with Gasteiger partial charge in [0.05, 0.1) is 5.56 Å². The first-order valence-corrected chi connectivity index (χ1v) is 6.76. The van der Waals surface area contributed by atoms with Gasteiger partial charge in [0.2, 0.25) is 0 Å². The largest absolute Gasteiger partial charge is 0.329 e. The molecule has 104 valence electrons. The molecule has 1 aromatic heterocycles. The van der Waals surface area contributed by atoms with E-state index in [-0.39, 0.29) is 16.8 Å². The van der Waals surface area contributed by atoms with Crippen molar-refractivity contribution in [2.75, 3.05) is 0 Å². The fourth-order valence-corrected chi connectivity index (χ4v) is 2.64. The van der Waals surface area contributed by atoms with Gasteiger partial charge in [0, 0.05) is 6.04 Å². The van der Waals surface area contributed by atoms with Gasteiger partial charge in [-0.05, 0) is 37.0 Å². The number of hydrogen-bond acceptors (Lipinski definition) is 2. The summed E-state index contributed by atoms with van der Waals surface area (Å²) in [5, 5.41) is -0.0119. The molecule has 1 N–H and O–H groups in total. The Labute approximate surface area is 118 Å². The molecule has 0 atom stereocenters. The number of rotatable bonds is 2. The van der Waals surface area contributed by atoms with Crippen molar-refractivity contribution in [3.63, 3.8) is 0 Å². The van der Waals surface area contributed by atoms with Crippen LogP contribution in [0.15, 0.2) is 33.9 Å². The maximum Gasteiger partial charge on any atom is 0.329 e. The molecule has 1 aliphatic rings. The van der Waals surface area contributed by atoms with Crippen LogP contribution in [0.2, 0.25) is 5.15 Å². The summed E-state index contributed by atoms with van der Waals surface area (Å²) in [6.07, 6.45) is 2.63. The van der Waals surface area contributed by atoms with Crippen molar-refractivity contribution >= 4 is 11.6 Å². The molecule has 2 aromatic rings. The van der Waals surface area contributed by atoms with E-state index in [9.17, 15) is 14.0 Å². The highest BCUT2D eigenvalue weighted by molar-refractivity contribution is 6.32. The highest BCUT2D eigenvalue weighted by atomic mass is 35.5. The maximum atomic E-state index is 13.0. The van der Waals surface area contributed by atoms with Gasteiger partial charge in [0.1, 0.15) is 11.0 Å². The van der Waals surface area contributed by atoms with Gasteiger partial charge in [-0.1, -0.05) is 23.7 Å². The van der Waals surface area contributed by atoms with Gasteiger partial charge in [-0.15, -0.1) is 0 Å². The summed E-state index contributed by atoms with van der Waals surface area (Å²) in [6, 6.07) is 5.39. The number of nitrogens with zero attached hydrogens (tertiary/aromatic N) is 1. The number of halogens is 2. The van der Waals surface area contributed by atoms with Crippen molar-refractivity contribution in [1.29, 1.82) is 0 Å². The van der Waals surface area contributed by atoms with Crippen LogP contribution < -0.4 is 11.2 Å². The molecular formula is C14H12ClFN2O2. The predicted octanol–water partition coefficient (Wildman–Crippen LogP) is 2.72. The van der Waals surface area contributed by atoms with Gasteiger partial charge in [-0.3, -0.25) is 14.3 Å². The Morgan fingerprint density at radius 3 is 2.40 bits per heavy atom. The van der Waals surface area contributed by atoms with Crippen molar-refractivity contribution in [3.05, 3.63) is 56.1 Å². The molecule has 1 heterocycles. The van der Waals surface area contributed by atoms with Crippen LogP contribution in [0.1, 0.15) is 25.3 Å². The summed E-state index contributed by atoms with van der Waals surface area (Å²) < 4.78 is 14.2. The van der Waals surface area contributed by atoms with Crippen LogP contribution in [0, 0.1) is 5.82 Å². The van der Waals surface area contributed by atoms with E-state index in [1.165, 1.54) is 28.8 Å². The molecular weight excluding hydrogens is 283 g/mol. The van der Waals surface area contributed by atoms with E-state index in [1.807, 2.05) is 0 Å². The van der Waals surface area contributed by atoms with Gasteiger partial charge in [-0.2, -0.15) is 0 Å². The molecule has 0 amide bonds. The lowest BCUT2D eigenvalue weighted by molar-refractivity contribution is 0.297. The van der Waals surface area contributed by atoms with Crippen LogP contribution in [-0.2, 0) is 0 Å². The van der Waals surface area contributed by atoms with Crippen LogP contribution in [0.3, 0.4) is 0 Å². The minimum absolute atomic E-state index is 0.0119. The Hall–Kier alpha value is -1.88. The molecule has 0 bridgehead atoms. The van der Waals surface area contributed by atoms with Crippen LogP contribution in [0.25, 0.3) is 11.1 Å². The molecule has 0 aliphatic heterocycles. The molecule has 0 spiro atoms. The Morgan fingerprint density at radius 2 is 1.85 bits per heavy atom. The summed E-state index contributed by atoms with van der Waals surface area (Å²) in [4.78, 5) is 26.9. The summed E-state index contributed by atoms with van der Waals surface area (Å²) in [5.74, 6) is -0.395. The number of nitrogens with one attached hydrogen (secondary N) is 1. The average molecular weight is 295 g/mol. The zero-order valence-corrected chi connectivity index (χ0v) is 11.3. The number of aromatic amines is 1. The predicted molar refractivity (Wildman–Crippen MR) is 74.6 cm³/mol. The van der Waals surface area contributed by atoms with E-state index in [2.05, 4.69) is 4.98 Å². The highest BCUT2D eigenvalue weighted by Gasteiger charge is 2.25. The van der Waals surface area contributed by atoms with E-state index in [0.29, 0.717) is 5.56 Å². The monoisotopic (exact) mass is 294 g/mol. The molecule has 20 heavy (non-hydrogen) atoms. The van der Waals surface area contributed by atoms with Crippen molar-refractivity contribution < 1.29 is 4.39 Å². The average Bonchev–Trinajstić information content (AvgIpc) is 2.34. The zero-order chi connectivity index (χ0) is 14.3. The summed E-state index contributed by atoms with van der Waals surface area (Å²) in [6.45, 7) is 0. The zero-order valence-electron chi connectivity index (χ0n) is 10.5. The molecule has 3 rings (SSSR count). The second kappa shape index (κ2) is 4.90. The first-order valence-electron chi connectivity index (χ1n) is 6.38. The number of hydrogen-bond donors (Lipinski definition) is 1. The third-order valence-electron chi connectivity index (χ3n) is 3.66. The molecule has 1 aromatic carbocycles. The lowest BCUT2D eigenvalue weighted by atomic mass is 9.92. The summed E-state index contributed by atoms with van der Waals surface area (Å²) in [7, 11) is 0. The Bertz CT molecular complexity index is 760. The van der Waals surface area contributed by atoms with E-state index < -0.39 is 17.1 Å². The second-order valence-corrected chi connectivity index (χ2v) is 5.26. The Balaban J connectivity index is 2.22. The SMILES string of the molecule is O=c1[nH]c(Cl)c(-c2ccc(F)cc2)c(=O)n1C1CCC1. The number of benzene rings is 1. The minimum atomic E-state index is -0.490. The second-order valence-electron chi connectivity index (χ2n) is 4.89. The topological polar surface area (TPSA) is 54.9 Å². The maximum absolute atomic E-state index is 13.0. The summed E-state index contributed by atoms with van der Waals surface area (Å²) >= 11 is 5.98. The van der Waals surface area contributed by atoms with Gasteiger partial charge in [0.25, 0.3) is 5.56 Å². The normalized spacial score (nSPS) is 15.1. The molecule has 0 unspecified atom stereocenters. The molecule has 1 saturated carbocycles. The van der Waals surface area contributed by atoms with Gasteiger partial charge in [-0.25, -0.2) is 9.18 Å². The number of H-pyrrole nitrogens is 1. The van der Waals surface area contributed by atoms with E-state index in [1.54, 1.807) is 0 Å². The standard InChI is InChI=1S/C14H12ClFN2O2/c15-12-11(8-4-6-9(16)7-5-8)13(19)18(14(20)17-12)10-2-1-3-10/h4-7,10H,1-3H2,(H,17,20). The van der Waals surface area contributed by atoms with Crippen LogP contribution in [0.4, 0.5) is 4.39 Å². The van der Waals surface area contributed by atoms with Gasteiger partial charge < -0.3 is 0 Å². The fourth-order valence-electron chi connectivity index (χ4n) is 2.37.